The molecule has 3 rings (SSSR count). The van der Waals surface area contributed by atoms with Crippen LogP contribution in [0.3, 0.4) is 0 Å². The summed E-state index contributed by atoms with van der Waals surface area (Å²) >= 11 is 5.98. The zero-order valence-electron chi connectivity index (χ0n) is 13.1. The highest BCUT2D eigenvalue weighted by molar-refractivity contribution is 6.30. The molecule has 1 aliphatic heterocycles. The van der Waals surface area contributed by atoms with Crippen molar-refractivity contribution < 1.29 is 9.53 Å². The number of piperidine rings is 1. The Labute approximate surface area is 141 Å². The summed E-state index contributed by atoms with van der Waals surface area (Å²) in [5.74, 6) is 0.429. The van der Waals surface area contributed by atoms with Gasteiger partial charge in [-0.05, 0) is 55.8 Å². The van der Waals surface area contributed by atoms with E-state index in [9.17, 15) is 4.79 Å². The van der Waals surface area contributed by atoms with Gasteiger partial charge in [-0.15, -0.1) is 0 Å². The van der Waals surface area contributed by atoms with E-state index in [0.29, 0.717) is 17.3 Å². The molecule has 1 aliphatic rings. The number of carbonyl (C=O) groups excluding carboxylic acids is 1. The van der Waals surface area contributed by atoms with Crippen molar-refractivity contribution in [2.45, 2.75) is 12.3 Å². The normalized spacial score (nSPS) is 21.8. The van der Waals surface area contributed by atoms with Crippen molar-refractivity contribution in [1.82, 2.24) is 4.90 Å². The Kier molecular flexibility index (Phi) is 4.99. The third kappa shape index (κ3) is 3.92. The summed E-state index contributed by atoms with van der Waals surface area (Å²) in [6, 6.07) is 17.1. The average molecular weight is 330 g/mol. The molecule has 0 unspecified atom stereocenters. The van der Waals surface area contributed by atoms with Crippen LogP contribution < -0.4 is 4.74 Å². The minimum atomic E-state index is -0.171. The van der Waals surface area contributed by atoms with Gasteiger partial charge in [0.1, 0.15) is 5.75 Å². The molecule has 0 bridgehead atoms. The fourth-order valence-electron chi connectivity index (χ4n) is 3.14. The van der Waals surface area contributed by atoms with E-state index in [1.807, 2.05) is 61.6 Å². The maximum atomic E-state index is 12.7. The molecule has 1 saturated heterocycles. The van der Waals surface area contributed by atoms with Crippen molar-refractivity contribution in [3.63, 3.8) is 0 Å². The lowest BCUT2D eigenvalue weighted by atomic mass is 9.80. The Hall–Kier alpha value is -1.84. The van der Waals surface area contributed by atoms with Gasteiger partial charge in [0.15, 0.2) is 0 Å². The number of hydrogen-bond donors (Lipinski definition) is 0. The van der Waals surface area contributed by atoms with Crippen LogP contribution in [0.5, 0.6) is 5.75 Å². The van der Waals surface area contributed by atoms with Gasteiger partial charge < -0.3 is 9.64 Å². The quantitative estimate of drug-likeness (QED) is 0.630. The van der Waals surface area contributed by atoms with Gasteiger partial charge in [0.2, 0.25) is 0 Å². The fourth-order valence-corrected chi connectivity index (χ4v) is 3.27. The minimum Gasteiger partial charge on any atom is -0.426 e. The summed E-state index contributed by atoms with van der Waals surface area (Å²) in [5, 5.41) is 0.713. The summed E-state index contributed by atoms with van der Waals surface area (Å²) in [5.41, 5.74) is 1.15. The molecule has 0 spiro atoms. The molecule has 4 heteroatoms. The van der Waals surface area contributed by atoms with Gasteiger partial charge in [0.25, 0.3) is 0 Å². The molecule has 1 heterocycles. The van der Waals surface area contributed by atoms with E-state index >= 15 is 0 Å². The van der Waals surface area contributed by atoms with E-state index in [-0.39, 0.29) is 17.8 Å². The minimum absolute atomic E-state index is 0.164. The van der Waals surface area contributed by atoms with Crippen molar-refractivity contribution in [1.29, 1.82) is 0 Å². The number of rotatable bonds is 3. The third-order valence-corrected chi connectivity index (χ3v) is 4.63. The first-order valence-electron chi connectivity index (χ1n) is 7.84. The summed E-state index contributed by atoms with van der Waals surface area (Å²) in [6.45, 7) is 1.68. The van der Waals surface area contributed by atoms with Gasteiger partial charge in [-0.1, -0.05) is 41.9 Å². The van der Waals surface area contributed by atoms with Crippen molar-refractivity contribution in [2.75, 3.05) is 20.1 Å². The van der Waals surface area contributed by atoms with Crippen molar-refractivity contribution in [3.05, 3.63) is 65.2 Å². The molecule has 0 aromatic heterocycles. The van der Waals surface area contributed by atoms with Gasteiger partial charge in [-0.3, -0.25) is 4.79 Å². The molecule has 120 valence electrons. The molecule has 0 amide bonds. The lowest BCUT2D eigenvalue weighted by Crippen LogP contribution is -2.42. The highest BCUT2D eigenvalue weighted by atomic mass is 35.5. The number of benzene rings is 2. The maximum absolute atomic E-state index is 12.7. The second-order valence-electron chi connectivity index (χ2n) is 6.05. The Bertz CT molecular complexity index is 657. The van der Waals surface area contributed by atoms with Gasteiger partial charge in [0, 0.05) is 11.6 Å². The van der Waals surface area contributed by atoms with E-state index in [0.717, 1.165) is 18.5 Å². The number of hydrogen-bond acceptors (Lipinski definition) is 3. The SMILES string of the molecule is CN1CC[C@H](c2ccc(Cl)cc2)[C@@H](C(=O)Oc2ccccc2)C1. The average Bonchev–Trinajstić information content (AvgIpc) is 2.56. The second-order valence-corrected chi connectivity index (χ2v) is 6.49. The predicted octanol–water partition coefficient (Wildman–Crippen LogP) is 3.98. The molecule has 0 radical (unpaired) electrons. The van der Waals surface area contributed by atoms with Crippen LogP contribution in [0.4, 0.5) is 0 Å². The number of halogens is 1. The zero-order valence-corrected chi connectivity index (χ0v) is 13.9. The number of ether oxygens (including phenoxy) is 1. The van der Waals surface area contributed by atoms with Crippen molar-refractivity contribution >= 4 is 17.6 Å². The summed E-state index contributed by atoms with van der Waals surface area (Å²) in [4.78, 5) is 14.9. The Balaban J connectivity index is 1.80. The van der Waals surface area contributed by atoms with Gasteiger partial charge in [-0.25, -0.2) is 0 Å². The van der Waals surface area contributed by atoms with Crippen LogP contribution in [0.2, 0.25) is 5.02 Å². The Morgan fingerprint density at radius 3 is 2.52 bits per heavy atom. The molecule has 1 fully saturated rings. The predicted molar refractivity (Wildman–Crippen MR) is 91.9 cm³/mol. The van der Waals surface area contributed by atoms with Gasteiger partial charge in [0.05, 0.1) is 5.92 Å². The molecule has 23 heavy (non-hydrogen) atoms. The second kappa shape index (κ2) is 7.16. The number of esters is 1. The Morgan fingerprint density at radius 1 is 1.13 bits per heavy atom. The van der Waals surface area contributed by atoms with Gasteiger partial charge in [-0.2, -0.15) is 0 Å². The molecular formula is C19H20ClNO2. The van der Waals surface area contributed by atoms with E-state index < -0.39 is 0 Å². The number of para-hydroxylation sites is 1. The third-order valence-electron chi connectivity index (χ3n) is 4.38. The summed E-state index contributed by atoms with van der Waals surface area (Å²) in [6.07, 6.45) is 0.937. The molecule has 2 atom stereocenters. The molecule has 2 aromatic rings. The maximum Gasteiger partial charge on any atom is 0.316 e. The van der Waals surface area contributed by atoms with Crippen molar-refractivity contribution in [3.8, 4) is 5.75 Å². The van der Waals surface area contributed by atoms with Crippen LogP contribution >= 0.6 is 11.6 Å². The lowest BCUT2D eigenvalue weighted by molar-refractivity contribution is -0.141. The monoisotopic (exact) mass is 329 g/mol. The topological polar surface area (TPSA) is 29.5 Å². The molecule has 2 aromatic carbocycles. The van der Waals surface area contributed by atoms with E-state index in [1.54, 1.807) is 0 Å². The van der Waals surface area contributed by atoms with E-state index in [4.69, 9.17) is 16.3 Å². The zero-order chi connectivity index (χ0) is 16.2. The molecule has 0 N–H and O–H groups in total. The number of carbonyl (C=O) groups is 1. The first-order chi connectivity index (χ1) is 11.1. The van der Waals surface area contributed by atoms with Crippen LogP contribution in [0.1, 0.15) is 17.9 Å². The van der Waals surface area contributed by atoms with E-state index in [1.165, 1.54) is 0 Å². The molecule has 3 nitrogen and oxygen atoms in total. The molecule has 0 saturated carbocycles. The highest BCUT2D eigenvalue weighted by Crippen LogP contribution is 2.34. The van der Waals surface area contributed by atoms with Crippen LogP contribution in [-0.4, -0.2) is 31.0 Å². The lowest BCUT2D eigenvalue weighted by Gasteiger charge is -2.35. The first-order valence-corrected chi connectivity index (χ1v) is 8.22. The van der Waals surface area contributed by atoms with Crippen LogP contribution in [0.15, 0.2) is 54.6 Å². The fraction of sp³-hybridized carbons (Fsp3) is 0.316. The van der Waals surface area contributed by atoms with Crippen LogP contribution in [-0.2, 0) is 4.79 Å². The molecular weight excluding hydrogens is 310 g/mol. The van der Waals surface area contributed by atoms with Crippen molar-refractivity contribution in [2.24, 2.45) is 5.92 Å². The first kappa shape index (κ1) is 16.0. The van der Waals surface area contributed by atoms with E-state index in [2.05, 4.69) is 4.90 Å². The number of likely N-dealkylation sites (tertiary alicyclic amines) is 1. The smallest absolute Gasteiger partial charge is 0.316 e. The summed E-state index contributed by atoms with van der Waals surface area (Å²) < 4.78 is 5.59. The highest BCUT2D eigenvalue weighted by Gasteiger charge is 2.35. The van der Waals surface area contributed by atoms with Crippen LogP contribution in [0, 0.1) is 5.92 Å². The standard InChI is InChI=1S/C19H20ClNO2/c1-21-12-11-17(14-7-9-15(20)10-8-14)18(13-21)19(22)23-16-5-3-2-4-6-16/h2-10,17-18H,11-13H2,1H3/t17-,18+/m1/s1. The van der Waals surface area contributed by atoms with Gasteiger partial charge >= 0.3 is 5.97 Å². The largest absolute Gasteiger partial charge is 0.426 e. The molecule has 0 aliphatic carbocycles. The Morgan fingerprint density at radius 2 is 1.83 bits per heavy atom. The summed E-state index contributed by atoms with van der Waals surface area (Å²) in [7, 11) is 2.04. The van der Waals surface area contributed by atoms with Crippen LogP contribution in [0.25, 0.3) is 0 Å². The number of nitrogens with zero attached hydrogens (tertiary/aromatic N) is 1.